The van der Waals surface area contributed by atoms with Crippen molar-refractivity contribution in [3.05, 3.63) is 10.7 Å². The maximum Gasteiger partial charge on any atom is 0.221 e. The summed E-state index contributed by atoms with van der Waals surface area (Å²) in [6.07, 6.45) is 4.28. The number of rotatable bonds is 6. The van der Waals surface area contributed by atoms with Crippen molar-refractivity contribution in [3.63, 3.8) is 0 Å². The molecule has 0 bridgehead atoms. The lowest BCUT2D eigenvalue weighted by atomic mass is 10.5. The zero-order chi connectivity index (χ0) is 11.4. The third-order valence-electron chi connectivity index (χ3n) is 2.35. The van der Waals surface area contributed by atoms with Crippen LogP contribution in [0.3, 0.4) is 0 Å². The number of hydrogen-bond acceptors (Lipinski definition) is 5. The molecule has 0 radical (unpaired) electrons. The lowest BCUT2D eigenvalue weighted by Gasteiger charge is -2.08. The molecule has 3 N–H and O–H groups in total. The van der Waals surface area contributed by atoms with Gasteiger partial charge < -0.3 is 15.8 Å². The number of anilines is 2. The van der Waals surface area contributed by atoms with Crippen LogP contribution in [0.15, 0.2) is 10.7 Å². The molecule has 0 unspecified atom stereocenters. The average molecular weight is 287 g/mol. The summed E-state index contributed by atoms with van der Waals surface area (Å²) >= 11 is 3.35. The standard InChI is InChI=1S/C10H15BrN4O/c11-8-5-14-10(12)15-9(8)13-3-4-16-6-7-1-2-7/h5,7H,1-4,6H2,(H3,12,13,14,15). The average Bonchev–Trinajstić information content (AvgIpc) is 3.06. The first-order valence-corrected chi connectivity index (χ1v) is 6.14. The van der Waals surface area contributed by atoms with Crippen molar-refractivity contribution in [3.8, 4) is 0 Å². The molecule has 0 amide bonds. The first kappa shape index (κ1) is 11.6. The Labute approximate surface area is 103 Å². The Kier molecular flexibility index (Phi) is 3.95. The molecule has 1 aromatic rings. The van der Waals surface area contributed by atoms with Gasteiger partial charge in [0.1, 0.15) is 5.82 Å². The SMILES string of the molecule is Nc1ncc(Br)c(NCCOCC2CC2)n1. The van der Waals surface area contributed by atoms with Crippen LogP contribution in [0.4, 0.5) is 11.8 Å². The monoisotopic (exact) mass is 286 g/mol. The number of aromatic nitrogens is 2. The van der Waals surface area contributed by atoms with Gasteiger partial charge in [0.05, 0.1) is 11.1 Å². The van der Waals surface area contributed by atoms with E-state index in [0.717, 1.165) is 23.5 Å². The van der Waals surface area contributed by atoms with Gasteiger partial charge >= 0.3 is 0 Å². The van der Waals surface area contributed by atoms with Crippen LogP contribution in [0.1, 0.15) is 12.8 Å². The van der Waals surface area contributed by atoms with Crippen molar-refractivity contribution in [1.82, 2.24) is 9.97 Å². The molecule has 0 aromatic carbocycles. The fourth-order valence-corrected chi connectivity index (χ4v) is 1.61. The molecule has 0 atom stereocenters. The second-order valence-electron chi connectivity index (χ2n) is 3.87. The van der Waals surface area contributed by atoms with Crippen molar-refractivity contribution >= 4 is 27.7 Å². The molecule has 0 spiro atoms. The van der Waals surface area contributed by atoms with Gasteiger partial charge in [-0.1, -0.05) is 0 Å². The van der Waals surface area contributed by atoms with Gasteiger partial charge in [0, 0.05) is 19.3 Å². The number of ether oxygens (including phenoxy) is 1. The molecule has 1 aliphatic carbocycles. The third-order valence-corrected chi connectivity index (χ3v) is 2.93. The van der Waals surface area contributed by atoms with E-state index in [0.29, 0.717) is 12.4 Å². The lowest BCUT2D eigenvalue weighted by Crippen LogP contribution is -2.12. The fraction of sp³-hybridized carbons (Fsp3) is 0.600. The van der Waals surface area contributed by atoms with Crippen LogP contribution in [0.2, 0.25) is 0 Å². The molecule has 2 rings (SSSR count). The van der Waals surface area contributed by atoms with E-state index in [4.69, 9.17) is 10.5 Å². The summed E-state index contributed by atoms with van der Waals surface area (Å²) in [5, 5.41) is 3.14. The lowest BCUT2D eigenvalue weighted by molar-refractivity contribution is 0.134. The highest BCUT2D eigenvalue weighted by Crippen LogP contribution is 2.28. The Morgan fingerprint density at radius 2 is 2.38 bits per heavy atom. The minimum atomic E-state index is 0.268. The molecule has 5 nitrogen and oxygen atoms in total. The summed E-state index contributed by atoms with van der Waals surface area (Å²) in [5.74, 6) is 1.79. The first-order valence-electron chi connectivity index (χ1n) is 5.35. The van der Waals surface area contributed by atoms with Crippen LogP contribution in [0.25, 0.3) is 0 Å². The van der Waals surface area contributed by atoms with Crippen molar-refractivity contribution < 1.29 is 4.74 Å². The van der Waals surface area contributed by atoms with Crippen molar-refractivity contribution in [2.24, 2.45) is 5.92 Å². The van der Waals surface area contributed by atoms with Gasteiger partial charge in [0.2, 0.25) is 5.95 Å². The highest BCUT2D eigenvalue weighted by Gasteiger charge is 2.20. The van der Waals surface area contributed by atoms with Gasteiger partial charge in [0.15, 0.2) is 0 Å². The Balaban J connectivity index is 1.69. The van der Waals surface area contributed by atoms with E-state index < -0.39 is 0 Å². The third kappa shape index (κ3) is 3.61. The van der Waals surface area contributed by atoms with Crippen molar-refractivity contribution in [2.45, 2.75) is 12.8 Å². The second kappa shape index (κ2) is 5.45. The zero-order valence-electron chi connectivity index (χ0n) is 8.95. The first-order chi connectivity index (χ1) is 7.75. The Morgan fingerprint density at radius 1 is 1.56 bits per heavy atom. The normalized spacial score (nSPS) is 15.1. The van der Waals surface area contributed by atoms with Gasteiger partial charge in [0.25, 0.3) is 0 Å². The Bertz CT molecular complexity index is 357. The molecule has 1 aliphatic rings. The van der Waals surface area contributed by atoms with Gasteiger partial charge in [-0.25, -0.2) is 4.98 Å². The van der Waals surface area contributed by atoms with E-state index >= 15 is 0 Å². The molecule has 1 heterocycles. The number of nitrogens with two attached hydrogens (primary N) is 1. The number of hydrogen-bond donors (Lipinski definition) is 2. The number of nitrogen functional groups attached to an aromatic ring is 1. The predicted octanol–water partition coefficient (Wildman–Crippen LogP) is 1.66. The van der Waals surface area contributed by atoms with Crippen molar-refractivity contribution in [2.75, 3.05) is 30.8 Å². The van der Waals surface area contributed by atoms with E-state index in [-0.39, 0.29) is 5.95 Å². The number of halogens is 1. The maximum atomic E-state index is 5.50. The van der Waals surface area contributed by atoms with Crippen LogP contribution in [-0.2, 0) is 4.74 Å². The Hall–Kier alpha value is -0.880. The maximum absolute atomic E-state index is 5.50. The van der Waals surface area contributed by atoms with Gasteiger partial charge in [-0.3, -0.25) is 0 Å². The number of nitrogens with zero attached hydrogens (tertiary/aromatic N) is 2. The highest BCUT2D eigenvalue weighted by atomic mass is 79.9. The Morgan fingerprint density at radius 3 is 3.12 bits per heavy atom. The summed E-state index contributed by atoms with van der Waals surface area (Å²) in [6.45, 7) is 2.30. The zero-order valence-corrected chi connectivity index (χ0v) is 10.5. The topological polar surface area (TPSA) is 73.1 Å². The van der Waals surface area contributed by atoms with Gasteiger partial charge in [-0.2, -0.15) is 4.98 Å². The van der Waals surface area contributed by atoms with Gasteiger partial charge in [-0.05, 0) is 34.7 Å². The molecule has 1 fully saturated rings. The summed E-state index contributed by atoms with van der Waals surface area (Å²) < 4.78 is 6.31. The minimum Gasteiger partial charge on any atom is -0.379 e. The van der Waals surface area contributed by atoms with E-state index in [1.54, 1.807) is 6.20 Å². The molecule has 1 aromatic heterocycles. The van der Waals surface area contributed by atoms with Crippen LogP contribution < -0.4 is 11.1 Å². The molecule has 88 valence electrons. The predicted molar refractivity (Wildman–Crippen MR) is 66.2 cm³/mol. The van der Waals surface area contributed by atoms with E-state index in [2.05, 4.69) is 31.2 Å². The number of nitrogens with one attached hydrogen (secondary N) is 1. The summed E-state index contributed by atoms with van der Waals surface area (Å²) in [6, 6.07) is 0. The van der Waals surface area contributed by atoms with E-state index in [1.165, 1.54) is 12.8 Å². The molecule has 16 heavy (non-hydrogen) atoms. The fourth-order valence-electron chi connectivity index (χ4n) is 1.28. The van der Waals surface area contributed by atoms with Crippen molar-refractivity contribution in [1.29, 1.82) is 0 Å². The molecule has 1 saturated carbocycles. The second-order valence-corrected chi connectivity index (χ2v) is 4.72. The molecule has 0 saturated heterocycles. The summed E-state index contributed by atoms with van der Waals surface area (Å²) in [4.78, 5) is 7.93. The molecule has 0 aliphatic heterocycles. The smallest absolute Gasteiger partial charge is 0.221 e. The minimum absolute atomic E-state index is 0.268. The summed E-state index contributed by atoms with van der Waals surface area (Å²) in [7, 11) is 0. The highest BCUT2D eigenvalue weighted by molar-refractivity contribution is 9.10. The van der Waals surface area contributed by atoms with E-state index in [9.17, 15) is 0 Å². The largest absolute Gasteiger partial charge is 0.379 e. The molecule has 6 heteroatoms. The van der Waals surface area contributed by atoms with Crippen LogP contribution in [0, 0.1) is 5.92 Å². The molecular weight excluding hydrogens is 272 g/mol. The summed E-state index contributed by atoms with van der Waals surface area (Å²) in [5.41, 5.74) is 5.49. The molecular formula is C10H15BrN4O. The van der Waals surface area contributed by atoms with Crippen LogP contribution >= 0.6 is 15.9 Å². The van der Waals surface area contributed by atoms with E-state index in [1.807, 2.05) is 0 Å². The van der Waals surface area contributed by atoms with Crippen LogP contribution in [0.5, 0.6) is 0 Å². The van der Waals surface area contributed by atoms with Crippen LogP contribution in [-0.4, -0.2) is 29.7 Å². The van der Waals surface area contributed by atoms with Gasteiger partial charge in [-0.15, -0.1) is 0 Å². The quantitative estimate of drug-likeness (QED) is 0.778.